The van der Waals surface area contributed by atoms with E-state index >= 15 is 0 Å². The fourth-order valence-corrected chi connectivity index (χ4v) is 2.82. The fourth-order valence-electron chi connectivity index (χ4n) is 2.82. The Morgan fingerprint density at radius 1 is 1.37 bits per heavy atom. The lowest BCUT2D eigenvalue weighted by atomic mass is 9.95. The largest absolute Gasteiger partial charge is 0.367 e. The Morgan fingerprint density at radius 2 is 2.11 bits per heavy atom. The first-order valence-corrected chi connectivity index (χ1v) is 7.34. The molecule has 2 rings (SSSR count). The van der Waals surface area contributed by atoms with Crippen LogP contribution in [0.5, 0.6) is 0 Å². The first-order valence-electron chi connectivity index (χ1n) is 7.34. The fraction of sp³-hybridized carbons (Fsp3) is 0.857. The molecule has 0 saturated carbocycles. The number of ether oxygens (including phenoxy) is 1. The van der Waals surface area contributed by atoms with Gasteiger partial charge in [-0.05, 0) is 46.1 Å². The van der Waals surface area contributed by atoms with Gasteiger partial charge in [0, 0.05) is 6.61 Å². The summed E-state index contributed by atoms with van der Waals surface area (Å²) in [6, 6.07) is 0. The van der Waals surface area contributed by atoms with Crippen molar-refractivity contribution in [1.29, 1.82) is 0 Å². The molecule has 1 aliphatic rings. The maximum absolute atomic E-state index is 5.92. The van der Waals surface area contributed by atoms with Gasteiger partial charge in [0.1, 0.15) is 5.60 Å². The summed E-state index contributed by atoms with van der Waals surface area (Å²) in [6.07, 6.45) is 3.88. The Bertz CT molecular complexity index is 407. The average Bonchev–Trinajstić information content (AvgIpc) is 3.06. The minimum atomic E-state index is -0.411. The minimum Gasteiger partial charge on any atom is -0.367 e. The van der Waals surface area contributed by atoms with Gasteiger partial charge in [0.05, 0.1) is 5.54 Å². The summed E-state index contributed by atoms with van der Waals surface area (Å²) < 4.78 is 11.4. The molecule has 0 aromatic carbocycles. The maximum Gasteiger partial charge on any atom is 0.246 e. The molecule has 0 spiro atoms. The van der Waals surface area contributed by atoms with E-state index in [-0.39, 0.29) is 5.54 Å². The number of aromatic nitrogens is 2. The lowest BCUT2D eigenvalue weighted by Crippen LogP contribution is -2.34. The molecule has 1 N–H and O–H groups in total. The monoisotopic (exact) mass is 267 g/mol. The van der Waals surface area contributed by atoms with Crippen LogP contribution in [0.25, 0.3) is 0 Å². The van der Waals surface area contributed by atoms with Crippen molar-refractivity contribution in [3.63, 3.8) is 0 Å². The van der Waals surface area contributed by atoms with Crippen LogP contribution in [-0.4, -0.2) is 23.3 Å². The van der Waals surface area contributed by atoms with E-state index in [0.717, 1.165) is 32.2 Å². The van der Waals surface area contributed by atoms with E-state index in [2.05, 4.69) is 36.2 Å². The molecule has 1 aromatic rings. The molecule has 1 atom stereocenters. The molecule has 1 aromatic heterocycles. The highest BCUT2D eigenvalue weighted by molar-refractivity contribution is 5.08. The molecule has 1 fully saturated rings. The number of nitrogens with one attached hydrogen (secondary N) is 1. The standard InChI is InChI=1S/C14H25N3O2/c1-5-14(6-2,18-7-3)11-16-12(19-17-11)13(4)9-8-10-15-13/h15H,5-10H2,1-4H3. The quantitative estimate of drug-likeness (QED) is 0.858. The lowest BCUT2D eigenvalue weighted by Gasteiger charge is -2.27. The zero-order valence-electron chi connectivity index (χ0n) is 12.5. The Labute approximate surface area is 115 Å². The maximum atomic E-state index is 5.92. The molecule has 1 unspecified atom stereocenters. The summed E-state index contributed by atoms with van der Waals surface area (Å²) in [5.74, 6) is 1.37. The molecule has 0 radical (unpaired) electrons. The van der Waals surface area contributed by atoms with Crippen LogP contribution in [0.15, 0.2) is 4.52 Å². The first kappa shape index (κ1) is 14.5. The highest BCUT2D eigenvalue weighted by Gasteiger charge is 2.40. The third kappa shape index (κ3) is 2.54. The third-order valence-electron chi connectivity index (χ3n) is 4.24. The molecule has 0 amide bonds. The van der Waals surface area contributed by atoms with Crippen LogP contribution >= 0.6 is 0 Å². The molecule has 0 aliphatic carbocycles. The Morgan fingerprint density at radius 3 is 2.63 bits per heavy atom. The van der Waals surface area contributed by atoms with E-state index in [1.54, 1.807) is 0 Å². The van der Waals surface area contributed by atoms with Crippen molar-refractivity contribution >= 4 is 0 Å². The van der Waals surface area contributed by atoms with Gasteiger partial charge in [-0.15, -0.1) is 0 Å². The van der Waals surface area contributed by atoms with Crippen LogP contribution in [0.2, 0.25) is 0 Å². The van der Waals surface area contributed by atoms with Gasteiger partial charge >= 0.3 is 0 Å². The van der Waals surface area contributed by atoms with Crippen molar-refractivity contribution in [2.24, 2.45) is 0 Å². The summed E-state index contributed by atoms with van der Waals surface area (Å²) in [5, 5.41) is 7.63. The molecule has 19 heavy (non-hydrogen) atoms. The number of hydrogen-bond donors (Lipinski definition) is 1. The highest BCUT2D eigenvalue weighted by atomic mass is 16.5. The van der Waals surface area contributed by atoms with Crippen molar-refractivity contribution < 1.29 is 9.26 Å². The van der Waals surface area contributed by atoms with E-state index in [9.17, 15) is 0 Å². The van der Waals surface area contributed by atoms with Crippen LogP contribution in [-0.2, 0) is 15.9 Å². The normalized spacial score (nSPS) is 24.0. The van der Waals surface area contributed by atoms with E-state index in [0.29, 0.717) is 18.3 Å². The van der Waals surface area contributed by atoms with Crippen molar-refractivity contribution in [2.75, 3.05) is 13.2 Å². The second kappa shape index (κ2) is 5.59. The lowest BCUT2D eigenvalue weighted by molar-refractivity contribution is -0.0583. The molecule has 0 bridgehead atoms. The van der Waals surface area contributed by atoms with E-state index < -0.39 is 5.60 Å². The molecule has 1 aliphatic heterocycles. The molecular weight excluding hydrogens is 242 g/mol. The summed E-state index contributed by atoms with van der Waals surface area (Å²) in [7, 11) is 0. The van der Waals surface area contributed by atoms with Gasteiger partial charge in [-0.25, -0.2) is 0 Å². The van der Waals surface area contributed by atoms with E-state index in [1.165, 1.54) is 0 Å². The van der Waals surface area contributed by atoms with Crippen LogP contribution in [0, 0.1) is 0 Å². The van der Waals surface area contributed by atoms with Gasteiger partial charge < -0.3 is 14.6 Å². The van der Waals surface area contributed by atoms with Gasteiger partial charge in [-0.2, -0.15) is 4.98 Å². The zero-order chi connectivity index (χ0) is 13.9. The number of hydrogen-bond acceptors (Lipinski definition) is 5. The number of rotatable bonds is 6. The SMILES string of the molecule is CCOC(CC)(CC)c1noc(C2(C)CCCN2)n1. The Balaban J connectivity index is 2.28. The Hall–Kier alpha value is -0.940. The van der Waals surface area contributed by atoms with E-state index in [1.807, 2.05) is 6.92 Å². The molecule has 5 nitrogen and oxygen atoms in total. The predicted molar refractivity (Wildman–Crippen MR) is 72.8 cm³/mol. The molecule has 2 heterocycles. The summed E-state index contributed by atoms with van der Waals surface area (Å²) in [6.45, 7) is 9.99. The minimum absolute atomic E-state index is 0.176. The van der Waals surface area contributed by atoms with E-state index in [4.69, 9.17) is 9.26 Å². The van der Waals surface area contributed by atoms with Crippen molar-refractivity contribution in [2.45, 2.75) is 64.5 Å². The van der Waals surface area contributed by atoms with Gasteiger partial charge in [-0.1, -0.05) is 19.0 Å². The van der Waals surface area contributed by atoms with Gasteiger partial charge in [0.2, 0.25) is 11.7 Å². The second-order valence-corrected chi connectivity index (χ2v) is 5.42. The zero-order valence-corrected chi connectivity index (χ0v) is 12.5. The summed E-state index contributed by atoms with van der Waals surface area (Å²) in [4.78, 5) is 4.63. The van der Waals surface area contributed by atoms with Crippen molar-refractivity contribution in [3.8, 4) is 0 Å². The van der Waals surface area contributed by atoms with Gasteiger partial charge in [0.25, 0.3) is 0 Å². The van der Waals surface area contributed by atoms with Crippen LogP contribution in [0.4, 0.5) is 0 Å². The smallest absolute Gasteiger partial charge is 0.246 e. The van der Waals surface area contributed by atoms with Crippen LogP contribution in [0.3, 0.4) is 0 Å². The van der Waals surface area contributed by atoms with Gasteiger partial charge in [-0.3, -0.25) is 0 Å². The molecule has 108 valence electrons. The highest BCUT2D eigenvalue weighted by Crippen LogP contribution is 2.34. The van der Waals surface area contributed by atoms with Crippen molar-refractivity contribution in [3.05, 3.63) is 11.7 Å². The van der Waals surface area contributed by atoms with Crippen LogP contribution < -0.4 is 5.32 Å². The first-order chi connectivity index (χ1) is 9.10. The molecular formula is C14H25N3O2. The van der Waals surface area contributed by atoms with Crippen LogP contribution in [0.1, 0.15) is 65.1 Å². The molecule has 5 heteroatoms. The van der Waals surface area contributed by atoms with Gasteiger partial charge in [0.15, 0.2) is 0 Å². The average molecular weight is 267 g/mol. The topological polar surface area (TPSA) is 60.2 Å². The second-order valence-electron chi connectivity index (χ2n) is 5.42. The number of nitrogens with zero attached hydrogens (tertiary/aromatic N) is 2. The summed E-state index contributed by atoms with van der Waals surface area (Å²) in [5.41, 5.74) is -0.587. The predicted octanol–water partition coefficient (Wildman–Crippen LogP) is 2.72. The third-order valence-corrected chi connectivity index (χ3v) is 4.24. The molecule has 1 saturated heterocycles. The Kier molecular flexibility index (Phi) is 4.26. The van der Waals surface area contributed by atoms with Crippen molar-refractivity contribution in [1.82, 2.24) is 15.5 Å². The summed E-state index contributed by atoms with van der Waals surface area (Å²) >= 11 is 0.